The van der Waals surface area contributed by atoms with Crippen LogP contribution in [0.5, 0.6) is 11.5 Å². The van der Waals surface area contributed by atoms with Crippen molar-refractivity contribution in [1.82, 2.24) is 19.2 Å². The molecule has 0 N–H and O–H groups in total. The third kappa shape index (κ3) is 4.41. The van der Waals surface area contributed by atoms with Crippen molar-refractivity contribution in [3.63, 3.8) is 0 Å². The van der Waals surface area contributed by atoms with Crippen LogP contribution in [0.2, 0.25) is 0 Å². The maximum atomic E-state index is 11.2. The van der Waals surface area contributed by atoms with Gasteiger partial charge in [0.25, 0.3) is 5.69 Å². The Labute approximate surface area is 206 Å². The second kappa shape index (κ2) is 9.32. The third-order valence-corrected chi connectivity index (χ3v) is 6.46. The van der Waals surface area contributed by atoms with E-state index in [-0.39, 0.29) is 23.4 Å². The Morgan fingerprint density at radius 1 is 1.09 bits per heavy atom. The Kier molecular flexibility index (Phi) is 6.06. The molecule has 178 valence electrons. The molecule has 2 heterocycles. The molecule has 0 unspecified atom stereocenters. The minimum absolute atomic E-state index is 0.0674. The van der Waals surface area contributed by atoms with Gasteiger partial charge in [-0.2, -0.15) is 0 Å². The fourth-order valence-corrected chi connectivity index (χ4v) is 4.31. The summed E-state index contributed by atoms with van der Waals surface area (Å²) >= 11 is 5.86. The second-order valence-corrected chi connectivity index (χ2v) is 8.64. The summed E-state index contributed by atoms with van der Waals surface area (Å²) in [5, 5.41) is 16.1. The molecule has 10 heteroatoms. The van der Waals surface area contributed by atoms with Crippen LogP contribution < -0.4 is 9.47 Å². The van der Waals surface area contributed by atoms with E-state index in [0.717, 1.165) is 16.8 Å². The Morgan fingerprint density at radius 2 is 1.86 bits per heavy atom. The first-order valence-electron chi connectivity index (χ1n) is 11.0. The van der Waals surface area contributed by atoms with E-state index < -0.39 is 0 Å². The van der Waals surface area contributed by atoms with Gasteiger partial charge in [0.2, 0.25) is 11.6 Å². The Morgan fingerprint density at radius 3 is 2.63 bits per heavy atom. The standard InChI is InChI=1S/C25H23N5O4S/c1-17(18-7-6-10-21(13-18)30(31)32)27(2)15-28-25(35)29(20-8-4-3-5-9-20)24(26-28)19-11-12-22-23(14-19)34-16-33-22/h3-14,17H,15-16H2,1-2H3/t17-/m0/s1. The molecule has 1 atom stereocenters. The highest BCUT2D eigenvalue weighted by atomic mass is 32.1. The number of aromatic nitrogens is 3. The second-order valence-electron chi connectivity index (χ2n) is 8.27. The summed E-state index contributed by atoms with van der Waals surface area (Å²) in [4.78, 5) is 12.9. The molecule has 0 spiro atoms. The van der Waals surface area contributed by atoms with Crippen LogP contribution >= 0.6 is 12.2 Å². The lowest BCUT2D eigenvalue weighted by atomic mass is 10.1. The number of nitro benzene ring substituents is 1. The molecule has 3 aromatic carbocycles. The Hall–Kier alpha value is -4.02. The number of hydrogen-bond donors (Lipinski definition) is 0. The van der Waals surface area contributed by atoms with Gasteiger partial charge >= 0.3 is 0 Å². The van der Waals surface area contributed by atoms with Gasteiger partial charge in [0.15, 0.2) is 17.3 Å². The van der Waals surface area contributed by atoms with E-state index in [4.69, 9.17) is 26.8 Å². The van der Waals surface area contributed by atoms with E-state index in [0.29, 0.717) is 28.8 Å². The third-order valence-electron chi connectivity index (χ3n) is 6.07. The van der Waals surface area contributed by atoms with Crippen molar-refractivity contribution in [1.29, 1.82) is 0 Å². The van der Waals surface area contributed by atoms with Crippen LogP contribution in [0.15, 0.2) is 72.8 Å². The summed E-state index contributed by atoms with van der Waals surface area (Å²) in [7, 11) is 1.94. The Bertz CT molecular complexity index is 1450. The topological polar surface area (TPSA) is 87.6 Å². The van der Waals surface area contributed by atoms with Crippen molar-refractivity contribution >= 4 is 17.9 Å². The molecule has 35 heavy (non-hydrogen) atoms. The first-order chi connectivity index (χ1) is 16.9. The number of hydrogen-bond acceptors (Lipinski definition) is 7. The monoisotopic (exact) mass is 489 g/mol. The molecular weight excluding hydrogens is 466 g/mol. The predicted octanol–water partition coefficient (Wildman–Crippen LogP) is 5.36. The van der Waals surface area contributed by atoms with Crippen molar-refractivity contribution in [2.24, 2.45) is 0 Å². The van der Waals surface area contributed by atoms with Gasteiger partial charge in [0.05, 0.1) is 11.6 Å². The molecule has 9 nitrogen and oxygen atoms in total. The molecule has 1 aliphatic heterocycles. The lowest BCUT2D eigenvalue weighted by Gasteiger charge is -2.24. The summed E-state index contributed by atoms with van der Waals surface area (Å²) in [5.41, 5.74) is 2.65. The maximum absolute atomic E-state index is 11.2. The molecule has 0 saturated heterocycles. The summed E-state index contributed by atoms with van der Waals surface area (Å²) in [6.07, 6.45) is 0. The van der Waals surface area contributed by atoms with Crippen molar-refractivity contribution in [2.75, 3.05) is 13.8 Å². The van der Waals surface area contributed by atoms with Crippen molar-refractivity contribution in [2.45, 2.75) is 19.6 Å². The van der Waals surface area contributed by atoms with Gasteiger partial charge in [-0.1, -0.05) is 30.3 Å². The van der Waals surface area contributed by atoms with E-state index >= 15 is 0 Å². The van der Waals surface area contributed by atoms with Gasteiger partial charge < -0.3 is 9.47 Å². The number of para-hydroxylation sites is 1. The van der Waals surface area contributed by atoms with Gasteiger partial charge in [-0.05, 0) is 62.1 Å². The normalized spacial score (nSPS) is 13.2. The minimum atomic E-state index is -0.383. The predicted molar refractivity (Wildman–Crippen MR) is 133 cm³/mol. The van der Waals surface area contributed by atoms with Crippen molar-refractivity contribution < 1.29 is 14.4 Å². The number of nitro groups is 1. The van der Waals surface area contributed by atoms with Crippen LogP contribution in [0.25, 0.3) is 17.1 Å². The molecule has 0 aliphatic carbocycles. The molecule has 0 amide bonds. The van der Waals surface area contributed by atoms with Crippen LogP contribution in [-0.4, -0.2) is 38.0 Å². The number of ether oxygens (including phenoxy) is 2. The van der Waals surface area contributed by atoms with E-state index in [1.165, 1.54) is 6.07 Å². The van der Waals surface area contributed by atoms with Crippen LogP contribution in [0.3, 0.4) is 0 Å². The molecule has 0 bridgehead atoms. The van der Waals surface area contributed by atoms with E-state index in [1.807, 2.05) is 78.0 Å². The molecular formula is C25H23N5O4S. The average molecular weight is 490 g/mol. The van der Waals surface area contributed by atoms with Crippen LogP contribution in [-0.2, 0) is 6.67 Å². The number of nitrogens with zero attached hydrogens (tertiary/aromatic N) is 5. The zero-order chi connectivity index (χ0) is 24.5. The van der Waals surface area contributed by atoms with E-state index in [2.05, 4.69) is 0 Å². The average Bonchev–Trinajstić information content (AvgIpc) is 3.48. The minimum Gasteiger partial charge on any atom is -0.454 e. The van der Waals surface area contributed by atoms with Crippen molar-refractivity contribution in [3.05, 3.63) is 93.2 Å². The highest BCUT2D eigenvalue weighted by Crippen LogP contribution is 2.36. The highest BCUT2D eigenvalue weighted by molar-refractivity contribution is 7.71. The molecule has 1 aliphatic rings. The van der Waals surface area contributed by atoms with Gasteiger partial charge in [-0.15, -0.1) is 5.10 Å². The van der Waals surface area contributed by atoms with Crippen LogP contribution in [0.1, 0.15) is 18.5 Å². The van der Waals surface area contributed by atoms with Gasteiger partial charge in [-0.25, -0.2) is 4.68 Å². The first-order valence-corrected chi connectivity index (χ1v) is 11.4. The number of fused-ring (bicyclic) bond motifs is 1. The largest absolute Gasteiger partial charge is 0.454 e. The molecule has 1 aromatic heterocycles. The number of benzene rings is 3. The van der Waals surface area contributed by atoms with Crippen LogP contribution in [0.4, 0.5) is 5.69 Å². The molecule has 0 fully saturated rings. The number of non-ortho nitro benzene ring substituents is 1. The summed E-state index contributed by atoms with van der Waals surface area (Å²) in [6.45, 7) is 2.58. The van der Waals surface area contributed by atoms with Crippen molar-refractivity contribution in [3.8, 4) is 28.6 Å². The van der Waals surface area contributed by atoms with Gasteiger partial charge in [-0.3, -0.25) is 19.6 Å². The molecule has 0 saturated carbocycles. The molecule has 0 radical (unpaired) electrons. The number of rotatable bonds is 7. The fraction of sp³-hybridized carbons (Fsp3) is 0.200. The molecule has 5 rings (SSSR count). The summed E-state index contributed by atoms with van der Waals surface area (Å²) in [5.74, 6) is 2.04. The highest BCUT2D eigenvalue weighted by Gasteiger charge is 2.21. The first kappa shape index (κ1) is 22.8. The van der Waals surface area contributed by atoms with Gasteiger partial charge in [0.1, 0.15) is 0 Å². The fourth-order valence-electron chi connectivity index (χ4n) is 4.02. The molecule has 4 aromatic rings. The smallest absolute Gasteiger partial charge is 0.269 e. The zero-order valence-electron chi connectivity index (χ0n) is 19.2. The lowest BCUT2D eigenvalue weighted by Crippen LogP contribution is -2.26. The van der Waals surface area contributed by atoms with E-state index in [1.54, 1.807) is 16.8 Å². The quantitative estimate of drug-likeness (QED) is 0.196. The maximum Gasteiger partial charge on any atom is 0.269 e. The summed E-state index contributed by atoms with van der Waals surface area (Å²) < 4.78 is 15.2. The van der Waals surface area contributed by atoms with E-state index in [9.17, 15) is 10.1 Å². The zero-order valence-corrected chi connectivity index (χ0v) is 20.0. The summed E-state index contributed by atoms with van der Waals surface area (Å²) in [6, 6.07) is 22.1. The van der Waals surface area contributed by atoms with Gasteiger partial charge in [0, 0.05) is 29.4 Å². The Balaban J connectivity index is 1.52. The van der Waals surface area contributed by atoms with Crippen LogP contribution in [0, 0.1) is 14.9 Å². The SMILES string of the molecule is C[C@@H](c1cccc([N+](=O)[O-])c1)N(C)Cn1nc(-c2ccc3c(c2)OCO3)n(-c2ccccc2)c1=S. The lowest BCUT2D eigenvalue weighted by molar-refractivity contribution is -0.384.